The summed E-state index contributed by atoms with van der Waals surface area (Å²) in [6.45, 7) is 5.58. The van der Waals surface area contributed by atoms with Gasteiger partial charge in [-0.1, -0.05) is 24.6 Å². The third-order valence-corrected chi connectivity index (χ3v) is 6.44. The maximum absolute atomic E-state index is 12.7. The first-order chi connectivity index (χ1) is 8.89. The van der Waals surface area contributed by atoms with E-state index in [0.717, 1.165) is 12.0 Å². The first-order valence-electron chi connectivity index (χ1n) is 6.96. The van der Waals surface area contributed by atoms with Crippen LogP contribution in [0.25, 0.3) is 0 Å². The van der Waals surface area contributed by atoms with Gasteiger partial charge in [-0.05, 0) is 49.7 Å². The zero-order chi connectivity index (χ0) is 13.7. The molecule has 3 rings (SSSR count). The van der Waals surface area contributed by atoms with Gasteiger partial charge in [0.05, 0.1) is 4.90 Å². The number of fused-ring (bicyclic) bond motifs is 2. The second kappa shape index (κ2) is 4.32. The molecule has 1 heterocycles. The molecule has 0 radical (unpaired) electrons. The standard InChI is InChI=1S/C15H21NO2S/c1-12-3-5-14(6-4-12)19(17,18)16-10-13-7-8-15(2,9-13)11-16/h3-6,13H,7-11H2,1-2H3. The number of piperidine rings is 1. The Morgan fingerprint density at radius 2 is 1.95 bits per heavy atom. The van der Waals surface area contributed by atoms with Crippen molar-refractivity contribution >= 4 is 10.0 Å². The van der Waals surface area contributed by atoms with Gasteiger partial charge in [-0.15, -0.1) is 0 Å². The molecule has 2 fully saturated rings. The summed E-state index contributed by atoms with van der Waals surface area (Å²) in [7, 11) is -3.31. The lowest BCUT2D eigenvalue weighted by molar-refractivity contribution is 0.179. The predicted octanol–water partition coefficient (Wildman–Crippen LogP) is 2.81. The third-order valence-electron chi connectivity index (χ3n) is 4.62. The maximum Gasteiger partial charge on any atom is 0.243 e. The molecule has 1 saturated heterocycles. The smallest absolute Gasteiger partial charge is 0.207 e. The molecule has 1 aromatic rings. The highest BCUT2D eigenvalue weighted by Crippen LogP contribution is 2.47. The summed E-state index contributed by atoms with van der Waals surface area (Å²) < 4.78 is 27.1. The predicted molar refractivity (Wildman–Crippen MR) is 75.4 cm³/mol. The Balaban J connectivity index is 1.91. The average Bonchev–Trinajstić information content (AvgIpc) is 2.63. The molecule has 1 aromatic carbocycles. The van der Waals surface area contributed by atoms with Crippen LogP contribution in [-0.2, 0) is 10.0 Å². The van der Waals surface area contributed by atoms with Crippen LogP contribution in [0.15, 0.2) is 29.2 Å². The van der Waals surface area contributed by atoms with E-state index in [9.17, 15) is 8.42 Å². The summed E-state index contributed by atoms with van der Waals surface area (Å²) >= 11 is 0. The second-order valence-electron chi connectivity index (χ2n) is 6.53. The number of rotatable bonds is 2. The number of hydrogen-bond donors (Lipinski definition) is 0. The van der Waals surface area contributed by atoms with Crippen LogP contribution >= 0.6 is 0 Å². The summed E-state index contributed by atoms with van der Waals surface area (Å²) in [5.41, 5.74) is 1.28. The van der Waals surface area contributed by atoms with Gasteiger partial charge in [-0.3, -0.25) is 0 Å². The molecule has 0 N–H and O–H groups in total. The van der Waals surface area contributed by atoms with Gasteiger partial charge >= 0.3 is 0 Å². The Kier molecular flexibility index (Phi) is 2.98. The van der Waals surface area contributed by atoms with E-state index in [-0.39, 0.29) is 5.41 Å². The van der Waals surface area contributed by atoms with Gasteiger partial charge in [0.25, 0.3) is 0 Å². The summed E-state index contributed by atoms with van der Waals surface area (Å²) in [6, 6.07) is 7.19. The van der Waals surface area contributed by atoms with Gasteiger partial charge in [-0.25, -0.2) is 8.42 Å². The summed E-state index contributed by atoms with van der Waals surface area (Å²) in [4.78, 5) is 0.433. The largest absolute Gasteiger partial charge is 0.243 e. The minimum Gasteiger partial charge on any atom is -0.207 e. The quantitative estimate of drug-likeness (QED) is 0.835. The first kappa shape index (κ1) is 13.1. The fourth-order valence-electron chi connectivity index (χ4n) is 3.57. The van der Waals surface area contributed by atoms with Crippen molar-refractivity contribution in [1.29, 1.82) is 0 Å². The molecule has 2 atom stereocenters. The van der Waals surface area contributed by atoms with Crippen molar-refractivity contribution in [2.75, 3.05) is 13.1 Å². The maximum atomic E-state index is 12.7. The van der Waals surface area contributed by atoms with Crippen LogP contribution in [0, 0.1) is 18.3 Å². The molecule has 1 aliphatic heterocycles. The second-order valence-corrected chi connectivity index (χ2v) is 8.47. The van der Waals surface area contributed by atoms with Crippen molar-refractivity contribution in [3.05, 3.63) is 29.8 Å². The lowest BCUT2D eigenvalue weighted by atomic mass is 9.85. The highest BCUT2D eigenvalue weighted by Gasteiger charge is 2.45. The molecule has 2 unspecified atom stereocenters. The molecule has 3 nitrogen and oxygen atoms in total. The van der Waals surface area contributed by atoms with Crippen molar-refractivity contribution < 1.29 is 8.42 Å². The van der Waals surface area contributed by atoms with Gasteiger partial charge < -0.3 is 0 Å². The fourth-order valence-corrected chi connectivity index (χ4v) is 5.24. The molecule has 1 aliphatic carbocycles. The molecule has 0 amide bonds. The number of benzene rings is 1. The number of sulfonamides is 1. The Bertz CT molecular complexity index is 579. The van der Waals surface area contributed by atoms with Crippen molar-refractivity contribution in [2.24, 2.45) is 11.3 Å². The van der Waals surface area contributed by atoms with Crippen molar-refractivity contribution in [3.63, 3.8) is 0 Å². The first-order valence-corrected chi connectivity index (χ1v) is 8.40. The minimum absolute atomic E-state index is 0.195. The molecule has 2 aliphatic rings. The third kappa shape index (κ3) is 2.32. The normalized spacial score (nSPS) is 31.6. The van der Waals surface area contributed by atoms with Crippen LogP contribution in [0.2, 0.25) is 0 Å². The Morgan fingerprint density at radius 1 is 1.26 bits per heavy atom. The van der Waals surface area contributed by atoms with Crippen LogP contribution in [0.1, 0.15) is 31.7 Å². The van der Waals surface area contributed by atoms with Crippen LogP contribution in [-0.4, -0.2) is 25.8 Å². The van der Waals surface area contributed by atoms with E-state index in [2.05, 4.69) is 6.92 Å². The highest BCUT2D eigenvalue weighted by atomic mass is 32.2. The van der Waals surface area contributed by atoms with Crippen LogP contribution in [0.4, 0.5) is 0 Å². The lowest BCUT2D eigenvalue weighted by Crippen LogP contribution is -2.44. The van der Waals surface area contributed by atoms with Crippen LogP contribution in [0.3, 0.4) is 0 Å². The van der Waals surface area contributed by atoms with E-state index in [1.165, 1.54) is 12.8 Å². The summed E-state index contributed by atoms with van der Waals surface area (Å²) in [5.74, 6) is 0.555. The molecular weight excluding hydrogens is 258 g/mol. The van der Waals surface area contributed by atoms with Gasteiger partial charge in [-0.2, -0.15) is 4.31 Å². The van der Waals surface area contributed by atoms with E-state index >= 15 is 0 Å². The molecule has 0 spiro atoms. The SMILES string of the molecule is Cc1ccc(S(=O)(=O)N2CC3CCC(C)(C3)C2)cc1. The number of nitrogens with zero attached hydrogens (tertiary/aromatic N) is 1. The fraction of sp³-hybridized carbons (Fsp3) is 0.600. The highest BCUT2D eigenvalue weighted by molar-refractivity contribution is 7.89. The topological polar surface area (TPSA) is 37.4 Å². The monoisotopic (exact) mass is 279 g/mol. The van der Waals surface area contributed by atoms with Crippen molar-refractivity contribution in [3.8, 4) is 0 Å². The molecule has 2 bridgehead atoms. The average molecular weight is 279 g/mol. The van der Waals surface area contributed by atoms with Crippen LogP contribution < -0.4 is 0 Å². The van der Waals surface area contributed by atoms with Crippen molar-refractivity contribution in [1.82, 2.24) is 4.31 Å². The van der Waals surface area contributed by atoms with E-state index in [1.807, 2.05) is 19.1 Å². The zero-order valence-corrected chi connectivity index (χ0v) is 12.4. The van der Waals surface area contributed by atoms with Gasteiger partial charge in [0, 0.05) is 13.1 Å². The molecule has 104 valence electrons. The molecule has 4 heteroatoms. The van der Waals surface area contributed by atoms with E-state index < -0.39 is 10.0 Å². The minimum atomic E-state index is -3.31. The Labute approximate surface area is 115 Å². The Morgan fingerprint density at radius 3 is 2.58 bits per heavy atom. The van der Waals surface area contributed by atoms with Gasteiger partial charge in [0.2, 0.25) is 10.0 Å². The van der Waals surface area contributed by atoms with E-state index in [0.29, 0.717) is 23.9 Å². The Hall–Kier alpha value is -0.870. The molecule has 1 saturated carbocycles. The molecule has 0 aromatic heterocycles. The summed E-state index contributed by atoms with van der Waals surface area (Å²) in [5, 5.41) is 0. The van der Waals surface area contributed by atoms with E-state index in [1.54, 1.807) is 16.4 Å². The summed E-state index contributed by atoms with van der Waals surface area (Å²) in [6.07, 6.45) is 3.53. The van der Waals surface area contributed by atoms with Crippen LogP contribution in [0.5, 0.6) is 0 Å². The zero-order valence-electron chi connectivity index (χ0n) is 11.6. The van der Waals surface area contributed by atoms with E-state index in [4.69, 9.17) is 0 Å². The number of hydrogen-bond acceptors (Lipinski definition) is 2. The molecular formula is C15H21NO2S. The van der Waals surface area contributed by atoms with Crippen molar-refractivity contribution in [2.45, 2.75) is 38.0 Å². The lowest BCUT2D eigenvalue weighted by Gasteiger charge is -2.37. The molecule has 19 heavy (non-hydrogen) atoms. The van der Waals surface area contributed by atoms with Gasteiger partial charge in [0.1, 0.15) is 0 Å². The number of aryl methyl sites for hydroxylation is 1. The van der Waals surface area contributed by atoms with Gasteiger partial charge in [0.15, 0.2) is 0 Å².